The van der Waals surface area contributed by atoms with E-state index in [1.54, 1.807) is 11.8 Å². The average molecular weight is 465 g/mol. The summed E-state index contributed by atoms with van der Waals surface area (Å²) in [6.45, 7) is -0.417. The Bertz CT molecular complexity index is 609. The molecule has 10 nitrogen and oxygen atoms in total. The number of aliphatic hydroxyl groups excluding tert-OH is 1. The Kier molecular flexibility index (Phi) is 12.1. The smallest absolute Gasteiger partial charge is 0.328 e. The van der Waals surface area contributed by atoms with Crippen LogP contribution in [0.3, 0.4) is 0 Å². The zero-order valence-electron chi connectivity index (χ0n) is 17.3. The number of carboxylic acids is 1. The lowest BCUT2D eigenvalue weighted by atomic mass is 10.1. The van der Waals surface area contributed by atoms with Crippen LogP contribution in [0.1, 0.15) is 25.7 Å². The van der Waals surface area contributed by atoms with Crippen LogP contribution < -0.4 is 16.4 Å². The summed E-state index contributed by atoms with van der Waals surface area (Å²) in [5.41, 5.74) is 5.91. The Hall–Kier alpha value is -1.50. The van der Waals surface area contributed by atoms with Gasteiger partial charge in [-0.1, -0.05) is 0 Å². The number of carbonyl (C=O) groups is 4. The first kappa shape index (κ1) is 26.5. The van der Waals surface area contributed by atoms with E-state index in [-0.39, 0.29) is 5.91 Å². The van der Waals surface area contributed by atoms with Crippen molar-refractivity contribution in [3.63, 3.8) is 0 Å². The van der Waals surface area contributed by atoms with Crippen LogP contribution in [0.4, 0.5) is 0 Å². The maximum atomic E-state index is 13.1. The van der Waals surface area contributed by atoms with E-state index in [4.69, 9.17) is 15.9 Å². The highest BCUT2D eigenvalue weighted by molar-refractivity contribution is 7.98. The van der Waals surface area contributed by atoms with Gasteiger partial charge in [0.15, 0.2) is 0 Å². The van der Waals surface area contributed by atoms with E-state index in [9.17, 15) is 19.2 Å². The zero-order chi connectivity index (χ0) is 22.7. The molecule has 30 heavy (non-hydrogen) atoms. The molecule has 1 fully saturated rings. The standard InChI is InChI=1S/C18H32N4O6S2/c1-29-8-5-11(19)15(24)20-12(6-9-30-2)17(26)22-7-3-4-14(22)16(25)21-13(10-23)18(27)28/h11-14,23H,3-10,19H2,1-2H3,(H,20,24)(H,21,25)(H,27,28). The number of amides is 3. The third-order valence-corrected chi connectivity index (χ3v) is 6.12. The molecule has 172 valence electrons. The van der Waals surface area contributed by atoms with Crippen LogP contribution in [-0.4, -0.2) is 100 Å². The Labute approximate surface area is 185 Å². The molecule has 0 saturated carbocycles. The number of aliphatic hydroxyl groups is 1. The molecule has 1 aliphatic rings. The van der Waals surface area contributed by atoms with Crippen LogP contribution in [0.25, 0.3) is 0 Å². The highest BCUT2D eigenvalue weighted by Crippen LogP contribution is 2.20. The van der Waals surface area contributed by atoms with Crippen LogP contribution in [0, 0.1) is 0 Å². The van der Waals surface area contributed by atoms with Gasteiger partial charge in [-0.05, 0) is 49.7 Å². The normalized spacial score (nSPS) is 19.1. The molecule has 0 aromatic rings. The summed E-state index contributed by atoms with van der Waals surface area (Å²) in [4.78, 5) is 50.5. The summed E-state index contributed by atoms with van der Waals surface area (Å²) >= 11 is 3.11. The number of aliphatic carboxylic acids is 1. The van der Waals surface area contributed by atoms with Gasteiger partial charge >= 0.3 is 5.97 Å². The molecule has 12 heteroatoms. The Balaban J connectivity index is 2.86. The Morgan fingerprint density at radius 3 is 2.30 bits per heavy atom. The predicted molar refractivity (Wildman–Crippen MR) is 117 cm³/mol. The Morgan fingerprint density at radius 1 is 1.10 bits per heavy atom. The number of carboxylic acid groups (broad SMARTS) is 1. The summed E-state index contributed by atoms with van der Waals surface area (Å²) in [6.07, 6.45) is 5.65. The second-order valence-electron chi connectivity index (χ2n) is 7.00. The van der Waals surface area contributed by atoms with Crippen LogP contribution in [0.5, 0.6) is 0 Å². The maximum absolute atomic E-state index is 13.1. The van der Waals surface area contributed by atoms with E-state index < -0.39 is 48.6 Å². The molecule has 0 aromatic heterocycles. The van der Waals surface area contributed by atoms with Crippen LogP contribution in [0.2, 0.25) is 0 Å². The summed E-state index contributed by atoms with van der Waals surface area (Å²) < 4.78 is 0. The number of rotatable bonds is 13. The SMILES string of the molecule is CSCCC(N)C(=O)NC(CCSC)C(=O)N1CCCC1C(=O)NC(CO)C(=O)O. The summed E-state index contributed by atoms with van der Waals surface area (Å²) in [7, 11) is 0. The van der Waals surface area contributed by atoms with Gasteiger partial charge in [0.2, 0.25) is 17.7 Å². The molecule has 0 spiro atoms. The van der Waals surface area contributed by atoms with Crippen molar-refractivity contribution >= 4 is 47.2 Å². The molecule has 1 aliphatic heterocycles. The number of carbonyl (C=O) groups excluding carboxylic acids is 3. The van der Waals surface area contributed by atoms with Crippen molar-refractivity contribution < 1.29 is 29.4 Å². The molecule has 0 radical (unpaired) electrons. The predicted octanol–water partition coefficient (Wildman–Crippen LogP) is -1.14. The molecule has 0 aromatic carbocycles. The third-order valence-electron chi connectivity index (χ3n) is 4.83. The molecule has 4 atom stereocenters. The molecular formula is C18H32N4O6S2. The average Bonchev–Trinajstić information content (AvgIpc) is 3.21. The first-order chi connectivity index (χ1) is 14.3. The maximum Gasteiger partial charge on any atom is 0.328 e. The van der Waals surface area contributed by atoms with Crippen molar-refractivity contribution in [2.75, 3.05) is 37.2 Å². The van der Waals surface area contributed by atoms with Crippen molar-refractivity contribution in [3.05, 3.63) is 0 Å². The van der Waals surface area contributed by atoms with Crippen LogP contribution in [0.15, 0.2) is 0 Å². The minimum atomic E-state index is -1.43. The van der Waals surface area contributed by atoms with Gasteiger partial charge in [0.1, 0.15) is 18.1 Å². The highest BCUT2D eigenvalue weighted by Gasteiger charge is 2.38. The lowest BCUT2D eigenvalue weighted by Gasteiger charge is -2.29. The van der Waals surface area contributed by atoms with Gasteiger partial charge in [-0.2, -0.15) is 23.5 Å². The largest absolute Gasteiger partial charge is 0.480 e. The van der Waals surface area contributed by atoms with Crippen molar-refractivity contribution in [2.24, 2.45) is 5.73 Å². The van der Waals surface area contributed by atoms with Crippen LogP contribution in [-0.2, 0) is 19.2 Å². The lowest BCUT2D eigenvalue weighted by molar-refractivity contribution is -0.145. The molecule has 4 unspecified atom stereocenters. The van der Waals surface area contributed by atoms with E-state index in [1.807, 2.05) is 12.5 Å². The fourth-order valence-corrected chi connectivity index (χ4v) is 4.07. The van der Waals surface area contributed by atoms with Gasteiger partial charge in [-0.25, -0.2) is 4.79 Å². The minimum Gasteiger partial charge on any atom is -0.480 e. The molecule has 1 rings (SSSR count). The number of nitrogens with zero attached hydrogens (tertiary/aromatic N) is 1. The second kappa shape index (κ2) is 13.7. The Morgan fingerprint density at radius 2 is 1.73 bits per heavy atom. The van der Waals surface area contributed by atoms with Gasteiger partial charge in [0, 0.05) is 6.54 Å². The first-order valence-electron chi connectivity index (χ1n) is 9.75. The minimum absolute atomic E-state index is 0.331. The molecule has 0 bridgehead atoms. The summed E-state index contributed by atoms with van der Waals surface area (Å²) in [6, 6.07) is -3.81. The van der Waals surface area contributed by atoms with Gasteiger partial charge in [-0.15, -0.1) is 0 Å². The zero-order valence-corrected chi connectivity index (χ0v) is 19.0. The first-order valence-corrected chi connectivity index (χ1v) is 12.5. The van der Waals surface area contributed by atoms with E-state index in [0.717, 1.165) is 5.75 Å². The fraction of sp³-hybridized carbons (Fsp3) is 0.778. The molecular weight excluding hydrogens is 432 g/mol. The molecule has 0 aliphatic carbocycles. The van der Waals surface area contributed by atoms with E-state index in [1.165, 1.54) is 16.7 Å². The number of thioether (sulfide) groups is 2. The number of likely N-dealkylation sites (tertiary alicyclic amines) is 1. The number of nitrogens with one attached hydrogen (secondary N) is 2. The van der Waals surface area contributed by atoms with Gasteiger partial charge in [-0.3, -0.25) is 14.4 Å². The third kappa shape index (κ3) is 7.97. The van der Waals surface area contributed by atoms with Gasteiger partial charge in [0.25, 0.3) is 0 Å². The van der Waals surface area contributed by atoms with Crippen molar-refractivity contribution in [1.82, 2.24) is 15.5 Å². The topological polar surface area (TPSA) is 162 Å². The van der Waals surface area contributed by atoms with E-state index in [2.05, 4.69) is 10.6 Å². The van der Waals surface area contributed by atoms with Crippen LogP contribution >= 0.6 is 23.5 Å². The van der Waals surface area contributed by atoms with Crippen molar-refractivity contribution in [2.45, 2.75) is 49.9 Å². The molecule has 6 N–H and O–H groups in total. The number of hydrogen-bond donors (Lipinski definition) is 5. The van der Waals surface area contributed by atoms with Gasteiger partial charge < -0.3 is 31.5 Å². The molecule has 1 heterocycles. The molecule has 1 saturated heterocycles. The fourth-order valence-electron chi connectivity index (χ4n) is 3.10. The van der Waals surface area contributed by atoms with Crippen molar-refractivity contribution in [3.8, 4) is 0 Å². The quantitative estimate of drug-likeness (QED) is 0.227. The second-order valence-corrected chi connectivity index (χ2v) is 8.97. The summed E-state index contributed by atoms with van der Waals surface area (Å²) in [5.74, 6) is -1.42. The monoisotopic (exact) mass is 464 g/mol. The van der Waals surface area contributed by atoms with Gasteiger partial charge in [0.05, 0.1) is 12.6 Å². The molecule has 3 amide bonds. The number of hydrogen-bond acceptors (Lipinski definition) is 8. The van der Waals surface area contributed by atoms with E-state index >= 15 is 0 Å². The summed E-state index contributed by atoms with van der Waals surface area (Å²) in [5, 5.41) is 23.1. The highest BCUT2D eigenvalue weighted by atomic mass is 32.2. The van der Waals surface area contributed by atoms with E-state index in [0.29, 0.717) is 38.0 Å². The van der Waals surface area contributed by atoms with Crippen molar-refractivity contribution in [1.29, 1.82) is 0 Å². The lowest BCUT2D eigenvalue weighted by Crippen LogP contribution is -2.57. The number of nitrogens with two attached hydrogens (primary N) is 1.